The number of aliphatic hydroxyl groups excluding tert-OH is 1. The van der Waals surface area contributed by atoms with Gasteiger partial charge < -0.3 is 9.52 Å². The highest BCUT2D eigenvalue weighted by Gasteiger charge is 2.16. The van der Waals surface area contributed by atoms with Gasteiger partial charge in [0, 0.05) is 16.1 Å². The van der Waals surface area contributed by atoms with Crippen LogP contribution in [-0.2, 0) is 0 Å². The Hall–Kier alpha value is -1.32. The summed E-state index contributed by atoms with van der Waals surface area (Å²) in [6.07, 6.45) is 0.460. The average molecular weight is 241 g/mol. The minimum Gasteiger partial charge on any atom is -0.469 e. The molecule has 0 amide bonds. The molecular formula is C12H10ClFO2. The molecule has 1 atom stereocenters. The predicted molar refractivity (Wildman–Crippen MR) is 58.9 cm³/mol. The van der Waals surface area contributed by atoms with E-state index in [-0.39, 0.29) is 0 Å². The van der Waals surface area contributed by atoms with Crippen molar-refractivity contribution in [1.82, 2.24) is 0 Å². The number of hydrogen-bond acceptors (Lipinski definition) is 2. The standard InChI is InChI=1S/C12H10ClFO2/c1-7-4-8(6-16-7)12(15)10-5-9(14)2-3-11(10)13/h2-6,12,15H,1H3. The number of rotatable bonds is 2. The summed E-state index contributed by atoms with van der Waals surface area (Å²) in [5.74, 6) is 0.250. The van der Waals surface area contributed by atoms with Gasteiger partial charge in [-0.15, -0.1) is 0 Å². The van der Waals surface area contributed by atoms with Crippen molar-refractivity contribution in [3.8, 4) is 0 Å². The summed E-state index contributed by atoms with van der Waals surface area (Å²) in [6.45, 7) is 1.77. The lowest BCUT2D eigenvalue weighted by Crippen LogP contribution is -1.99. The van der Waals surface area contributed by atoms with E-state index < -0.39 is 11.9 Å². The molecule has 0 aliphatic carbocycles. The summed E-state index contributed by atoms with van der Waals surface area (Å²) < 4.78 is 18.1. The quantitative estimate of drug-likeness (QED) is 0.872. The second-order valence-corrected chi connectivity index (χ2v) is 3.97. The highest BCUT2D eigenvalue weighted by molar-refractivity contribution is 6.31. The molecule has 1 heterocycles. The van der Waals surface area contributed by atoms with Gasteiger partial charge in [0.2, 0.25) is 0 Å². The van der Waals surface area contributed by atoms with Crippen molar-refractivity contribution in [1.29, 1.82) is 0 Å². The maximum atomic E-state index is 13.0. The molecule has 1 unspecified atom stereocenters. The summed E-state index contributed by atoms with van der Waals surface area (Å²) in [5.41, 5.74) is 0.896. The molecule has 2 nitrogen and oxygen atoms in total. The van der Waals surface area contributed by atoms with Crippen LogP contribution < -0.4 is 0 Å². The van der Waals surface area contributed by atoms with E-state index in [0.29, 0.717) is 21.9 Å². The van der Waals surface area contributed by atoms with E-state index in [9.17, 15) is 9.50 Å². The van der Waals surface area contributed by atoms with Gasteiger partial charge >= 0.3 is 0 Å². The third-order valence-corrected chi connectivity index (χ3v) is 2.66. The highest BCUT2D eigenvalue weighted by atomic mass is 35.5. The van der Waals surface area contributed by atoms with E-state index in [1.807, 2.05) is 0 Å². The zero-order valence-corrected chi connectivity index (χ0v) is 9.33. The molecule has 4 heteroatoms. The van der Waals surface area contributed by atoms with E-state index in [0.717, 1.165) is 0 Å². The zero-order valence-electron chi connectivity index (χ0n) is 8.58. The van der Waals surface area contributed by atoms with Crippen molar-refractivity contribution in [3.05, 3.63) is 58.3 Å². The second-order valence-electron chi connectivity index (χ2n) is 3.56. The van der Waals surface area contributed by atoms with Gasteiger partial charge in [-0.3, -0.25) is 0 Å². The summed E-state index contributed by atoms with van der Waals surface area (Å²) in [7, 11) is 0. The van der Waals surface area contributed by atoms with E-state index in [1.54, 1.807) is 13.0 Å². The van der Waals surface area contributed by atoms with Crippen molar-refractivity contribution in [2.45, 2.75) is 13.0 Å². The molecule has 84 valence electrons. The Kier molecular flexibility index (Phi) is 2.99. The molecule has 16 heavy (non-hydrogen) atoms. The van der Waals surface area contributed by atoms with Crippen LogP contribution in [0.4, 0.5) is 4.39 Å². The molecule has 0 bridgehead atoms. The smallest absolute Gasteiger partial charge is 0.123 e. The van der Waals surface area contributed by atoms with Crippen LogP contribution in [-0.4, -0.2) is 5.11 Å². The van der Waals surface area contributed by atoms with E-state index in [1.165, 1.54) is 24.5 Å². The van der Waals surface area contributed by atoms with Gasteiger partial charge in [-0.1, -0.05) is 11.6 Å². The van der Waals surface area contributed by atoms with Gasteiger partial charge in [0.25, 0.3) is 0 Å². The Morgan fingerprint density at radius 1 is 1.38 bits per heavy atom. The number of aryl methyl sites for hydroxylation is 1. The van der Waals surface area contributed by atoms with Gasteiger partial charge in [-0.2, -0.15) is 0 Å². The maximum absolute atomic E-state index is 13.0. The fourth-order valence-electron chi connectivity index (χ4n) is 1.51. The SMILES string of the molecule is Cc1cc(C(O)c2cc(F)ccc2Cl)co1. The first-order chi connectivity index (χ1) is 7.58. The van der Waals surface area contributed by atoms with Crippen molar-refractivity contribution >= 4 is 11.6 Å². The first-order valence-corrected chi connectivity index (χ1v) is 5.14. The third kappa shape index (κ3) is 2.10. The Labute approximate surface area is 97.3 Å². The second kappa shape index (κ2) is 4.28. The Morgan fingerprint density at radius 2 is 2.12 bits per heavy atom. The van der Waals surface area contributed by atoms with E-state index in [4.69, 9.17) is 16.0 Å². The monoisotopic (exact) mass is 240 g/mol. The fraction of sp³-hybridized carbons (Fsp3) is 0.167. The van der Waals surface area contributed by atoms with Crippen LogP contribution in [0.3, 0.4) is 0 Å². The molecular weight excluding hydrogens is 231 g/mol. The maximum Gasteiger partial charge on any atom is 0.123 e. The molecule has 2 aromatic rings. The number of halogens is 2. The molecule has 0 aliphatic rings. The Balaban J connectivity index is 2.40. The van der Waals surface area contributed by atoms with Gasteiger partial charge in [0.15, 0.2) is 0 Å². The van der Waals surface area contributed by atoms with Crippen LogP contribution in [0.15, 0.2) is 34.9 Å². The minimum absolute atomic E-state index is 0.327. The van der Waals surface area contributed by atoms with Crippen LogP contribution in [0, 0.1) is 12.7 Å². The topological polar surface area (TPSA) is 33.4 Å². The van der Waals surface area contributed by atoms with Gasteiger partial charge in [-0.05, 0) is 31.2 Å². The normalized spacial score (nSPS) is 12.8. The Bertz CT molecular complexity index is 507. The highest BCUT2D eigenvalue weighted by Crippen LogP contribution is 2.29. The van der Waals surface area contributed by atoms with Gasteiger partial charge in [-0.25, -0.2) is 4.39 Å². The van der Waals surface area contributed by atoms with Crippen molar-refractivity contribution in [2.24, 2.45) is 0 Å². The lowest BCUT2D eigenvalue weighted by atomic mass is 10.0. The first kappa shape index (κ1) is 11.2. The van der Waals surface area contributed by atoms with Crippen LogP contribution in [0.5, 0.6) is 0 Å². The zero-order chi connectivity index (χ0) is 11.7. The third-order valence-electron chi connectivity index (χ3n) is 2.32. The van der Waals surface area contributed by atoms with Crippen molar-refractivity contribution < 1.29 is 13.9 Å². The fourth-order valence-corrected chi connectivity index (χ4v) is 1.73. The number of aliphatic hydroxyl groups is 1. The molecule has 1 aromatic carbocycles. The first-order valence-electron chi connectivity index (χ1n) is 4.76. The molecule has 0 fully saturated rings. The number of furan rings is 1. The Morgan fingerprint density at radius 3 is 2.75 bits per heavy atom. The van der Waals surface area contributed by atoms with Crippen molar-refractivity contribution in [2.75, 3.05) is 0 Å². The average Bonchev–Trinajstić information content (AvgIpc) is 2.67. The molecule has 2 rings (SSSR count). The number of benzene rings is 1. The summed E-state index contributed by atoms with van der Waals surface area (Å²) in [5, 5.41) is 10.3. The molecule has 0 saturated heterocycles. The molecule has 0 aliphatic heterocycles. The molecule has 0 spiro atoms. The van der Waals surface area contributed by atoms with Gasteiger partial charge in [0.05, 0.1) is 6.26 Å². The molecule has 0 radical (unpaired) electrons. The van der Waals surface area contributed by atoms with Crippen LogP contribution in [0.2, 0.25) is 5.02 Å². The lowest BCUT2D eigenvalue weighted by Gasteiger charge is -2.10. The predicted octanol–water partition coefficient (Wildman–Crippen LogP) is 3.46. The lowest BCUT2D eigenvalue weighted by molar-refractivity contribution is 0.219. The number of hydrogen-bond donors (Lipinski definition) is 1. The molecule has 1 N–H and O–H groups in total. The van der Waals surface area contributed by atoms with Crippen LogP contribution in [0.25, 0.3) is 0 Å². The molecule has 0 saturated carbocycles. The van der Waals surface area contributed by atoms with Crippen LogP contribution in [0.1, 0.15) is 23.0 Å². The largest absolute Gasteiger partial charge is 0.469 e. The van der Waals surface area contributed by atoms with Gasteiger partial charge in [0.1, 0.15) is 17.7 Å². The van der Waals surface area contributed by atoms with E-state index >= 15 is 0 Å². The van der Waals surface area contributed by atoms with Crippen molar-refractivity contribution in [3.63, 3.8) is 0 Å². The van der Waals surface area contributed by atoms with E-state index in [2.05, 4.69) is 0 Å². The molecule has 1 aromatic heterocycles. The summed E-state index contributed by atoms with van der Waals surface area (Å²) in [6, 6.07) is 5.57. The summed E-state index contributed by atoms with van der Waals surface area (Å²) >= 11 is 5.89. The minimum atomic E-state index is -0.972. The summed E-state index contributed by atoms with van der Waals surface area (Å²) in [4.78, 5) is 0. The van der Waals surface area contributed by atoms with Crippen LogP contribution >= 0.6 is 11.6 Å².